The zero-order chi connectivity index (χ0) is 21.7. The van der Waals surface area contributed by atoms with E-state index in [2.05, 4.69) is 15.0 Å². The molecule has 0 saturated carbocycles. The van der Waals surface area contributed by atoms with Crippen molar-refractivity contribution in [1.82, 2.24) is 14.9 Å². The molecule has 2 aromatic rings. The van der Waals surface area contributed by atoms with E-state index in [-0.39, 0.29) is 12.2 Å². The zero-order valence-corrected chi connectivity index (χ0v) is 18.1. The van der Waals surface area contributed by atoms with Crippen LogP contribution in [0.2, 0.25) is 5.15 Å². The summed E-state index contributed by atoms with van der Waals surface area (Å²) < 4.78 is 11.2. The Hall–Kier alpha value is -2.71. The number of morpholine rings is 1. The molecule has 3 rings (SSSR count). The molecule has 2 aromatic heterocycles. The Labute approximate surface area is 180 Å². The van der Waals surface area contributed by atoms with E-state index in [9.17, 15) is 4.79 Å². The lowest BCUT2D eigenvalue weighted by molar-refractivity contribution is -0.0382. The monoisotopic (exact) mass is 431 g/mol. The van der Waals surface area contributed by atoms with Crippen molar-refractivity contribution < 1.29 is 14.3 Å². The zero-order valence-electron chi connectivity index (χ0n) is 17.3. The number of nitrogens with two attached hydrogens (primary N) is 1. The normalized spacial score (nSPS) is 18.2. The van der Waals surface area contributed by atoms with Crippen LogP contribution in [0.5, 0.6) is 0 Å². The second-order valence-electron chi connectivity index (χ2n) is 7.93. The minimum atomic E-state index is -0.531. The number of halogens is 1. The number of ether oxygens (including phenoxy) is 2. The van der Waals surface area contributed by atoms with Crippen LogP contribution in [-0.4, -0.2) is 65.1 Å². The van der Waals surface area contributed by atoms with Gasteiger partial charge < -0.3 is 20.1 Å². The van der Waals surface area contributed by atoms with Gasteiger partial charge in [-0.15, -0.1) is 0 Å². The number of carbonyl (C=O) groups excluding carboxylic acids is 1. The van der Waals surface area contributed by atoms with Crippen molar-refractivity contribution in [3.05, 3.63) is 41.3 Å². The van der Waals surface area contributed by atoms with Gasteiger partial charge >= 0.3 is 6.09 Å². The van der Waals surface area contributed by atoms with Gasteiger partial charge in [-0.2, -0.15) is 0 Å². The number of rotatable bonds is 4. The van der Waals surface area contributed by atoms with Crippen molar-refractivity contribution in [1.29, 1.82) is 0 Å². The molecule has 0 aliphatic carbocycles. The molecule has 2 N–H and O–H groups in total. The standard InChI is InChI=1S/C21H26ClN5O3/c1-21(2,3)30-20(28)27-6-7-29-16(13-27)12-24-10-15(9-23)14-8-18-17(25-11-14)4-5-19(22)26-18/h4-5,8-11,16H,6-7,12-13,23H2,1-3H3. The molecule has 1 fully saturated rings. The lowest BCUT2D eigenvalue weighted by atomic mass is 10.1. The first kappa shape index (κ1) is 22.0. The van der Waals surface area contributed by atoms with E-state index in [0.717, 1.165) is 11.1 Å². The van der Waals surface area contributed by atoms with E-state index in [1.165, 1.54) is 6.20 Å². The van der Waals surface area contributed by atoms with E-state index in [1.807, 2.05) is 32.9 Å². The number of allylic oxidation sites excluding steroid dienone is 1. The van der Waals surface area contributed by atoms with Gasteiger partial charge in [0.25, 0.3) is 0 Å². The third-order valence-corrected chi connectivity index (χ3v) is 4.56. The molecule has 1 unspecified atom stereocenters. The Morgan fingerprint density at radius 1 is 1.43 bits per heavy atom. The predicted octanol–water partition coefficient (Wildman–Crippen LogP) is 3.29. The fourth-order valence-electron chi connectivity index (χ4n) is 2.94. The Morgan fingerprint density at radius 2 is 2.23 bits per heavy atom. The summed E-state index contributed by atoms with van der Waals surface area (Å²) in [7, 11) is 0. The number of nitrogens with zero attached hydrogens (tertiary/aromatic N) is 4. The number of hydrogen-bond donors (Lipinski definition) is 1. The Balaban J connectivity index is 1.63. The average molecular weight is 432 g/mol. The summed E-state index contributed by atoms with van der Waals surface area (Å²) in [5.74, 6) is 0. The highest BCUT2D eigenvalue weighted by molar-refractivity contribution is 6.29. The maximum absolute atomic E-state index is 12.3. The Bertz CT molecular complexity index is 971. The van der Waals surface area contributed by atoms with E-state index in [4.69, 9.17) is 26.8 Å². The summed E-state index contributed by atoms with van der Waals surface area (Å²) >= 11 is 5.97. The molecule has 0 bridgehead atoms. The average Bonchev–Trinajstić information content (AvgIpc) is 2.69. The number of hydrogen-bond acceptors (Lipinski definition) is 7. The summed E-state index contributed by atoms with van der Waals surface area (Å²) in [6, 6.07) is 5.37. The fraction of sp³-hybridized carbons (Fsp3) is 0.429. The minimum absolute atomic E-state index is 0.211. The molecule has 0 aromatic carbocycles. The summed E-state index contributed by atoms with van der Waals surface area (Å²) in [5, 5.41) is 0.400. The van der Waals surface area contributed by atoms with Crippen molar-refractivity contribution in [2.45, 2.75) is 32.5 Å². The van der Waals surface area contributed by atoms with E-state index in [0.29, 0.717) is 42.5 Å². The second kappa shape index (κ2) is 9.40. The van der Waals surface area contributed by atoms with Crippen LogP contribution in [0, 0.1) is 0 Å². The highest BCUT2D eigenvalue weighted by atomic mass is 35.5. The van der Waals surface area contributed by atoms with Gasteiger partial charge in [0, 0.05) is 36.3 Å². The SMILES string of the molecule is CC(C)(C)OC(=O)N1CCOC(CN=CC(=CN)c2cnc3ccc(Cl)nc3c2)C1. The summed E-state index contributed by atoms with van der Waals surface area (Å²) in [5.41, 5.74) is 8.16. The molecule has 1 atom stereocenters. The van der Waals surface area contributed by atoms with E-state index in [1.54, 1.807) is 23.4 Å². The lowest BCUT2D eigenvalue weighted by Gasteiger charge is -2.33. The molecule has 160 valence electrons. The van der Waals surface area contributed by atoms with Crippen LogP contribution >= 0.6 is 11.6 Å². The maximum atomic E-state index is 12.3. The van der Waals surface area contributed by atoms with Gasteiger partial charge in [-0.05, 0) is 39.0 Å². The lowest BCUT2D eigenvalue weighted by Crippen LogP contribution is -2.48. The van der Waals surface area contributed by atoms with Crippen molar-refractivity contribution in [3.8, 4) is 0 Å². The molecule has 0 radical (unpaired) electrons. The molecule has 1 saturated heterocycles. The van der Waals surface area contributed by atoms with Crippen LogP contribution < -0.4 is 5.73 Å². The number of pyridine rings is 2. The minimum Gasteiger partial charge on any atom is -0.444 e. The van der Waals surface area contributed by atoms with Crippen LogP contribution in [0.4, 0.5) is 4.79 Å². The Morgan fingerprint density at radius 3 is 2.97 bits per heavy atom. The largest absolute Gasteiger partial charge is 0.444 e. The molecule has 1 aliphatic rings. The van der Waals surface area contributed by atoms with Crippen molar-refractivity contribution in [3.63, 3.8) is 0 Å². The van der Waals surface area contributed by atoms with Gasteiger partial charge in [0.15, 0.2) is 0 Å². The van der Waals surface area contributed by atoms with Crippen LogP contribution in [0.25, 0.3) is 16.6 Å². The number of amides is 1. The highest BCUT2D eigenvalue weighted by Crippen LogP contribution is 2.19. The fourth-order valence-corrected chi connectivity index (χ4v) is 3.10. The first-order valence-electron chi connectivity index (χ1n) is 9.69. The van der Waals surface area contributed by atoms with Crippen molar-refractivity contribution >= 4 is 40.5 Å². The van der Waals surface area contributed by atoms with Gasteiger partial charge in [0.2, 0.25) is 0 Å². The number of aromatic nitrogens is 2. The topological polar surface area (TPSA) is 103 Å². The van der Waals surface area contributed by atoms with Gasteiger partial charge in [-0.25, -0.2) is 9.78 Å². The molecular weight excluding hydrogens is 406 g/mol. The van der Waals surface area contributed by atoms with Crippen LogP contribution in [0.15, 0.2) is 35.6 Å². The second-order valence-corrected chi connectivity index (χ2v) is 8.32. The van der Waals surface area contributed by atoms with Crippen LogP contribution in [-0.2, 0) is 9.47 Å². The summed E-state index contributed by atoms with van der Waals surface area (Å²) in [6.45, 7) is 7.30. The first-order valence-corrected chi connectivity index (χ1v) is 10.1. The van der Waals surface area contributed by atoms with E-state index >= 15 is 0 Å². The molecule has 3 heterocycles. The van der Waals surface area contributed by atoms with Crippen molar-refractivity contribution in [2.24, 2.45) is 10.7 Å². The number of fused-ring (bicyclic) bond motifs is 1. The van der Waals surface area contributed by atoms with Crippen LogP contribution in [0.3, 0.4) is 0 Å². The van der Waals surface area contributed by atoms with Gasteiger partial charge in [-0.3, -0.25) is 9.98 Å². The molecule has 1 aliphatic heterocycles. The number of carbonyl (C=O) groups is 1. The third kappa shape index (κ3) is 5.90. The smallest absolute Gasteiger partial charge is 0.410 e. The van der Waals surface area contributed by atoms with E-state index < -0.39 is 5.60 Å². The molecule has 9 heteroatoms. The summed E-state index contributed by atoms with van der Waals surface area (Å²) in [4.78, 5) is 27.0. The van der Waals surface area contributed by atoms with Crippen LogP contribution in [0.1, 0.15) is 26.3 Å². The molecule has 0 spiro atoms. The Kier molecular flexibility index (Phi) is 6.89. The van der Waals surface area contributed by atoms with Gasteiger partial charge in [0.1, 0.15) is 10.8 Å². The third-order valence-electron chi connectivity index (χ3n) is 4.35. The predicted molar refractivity (Wildman–Crippen MR) is 118 cm³/mol. The van der Waals surface area contributed by atoms with Gasteiger partial charge in [-0.1, -0.05) is 11.6 Å². The first-order chi connectivity index (χ1) is 14.2. The molecule has 1 amide bonds. The number of aliphatic imine (C=N–C) groups is 1. The van der Waals surface area contributed by atoms with Crippen molar-refractivity contribution in [2.75, 3.05) is 26.2 Å². The molecule has 8 nitrogen and oxygen atoms in total. The molecule has 30 heavy (non-hydrogen) atoms. The summed E-state index contributed by atoms with van der Waals surface area (Å²) in [6.07, 6.45) is 4.30. The highest BCUT2D eigenvalue weighted by Gasteiger charge is 2.27. The van der Waals surface area contributed by atoms with Gasteiger partial charge in [0.05, 0.1) is 36.8 Å². The molecular formula is C21H26ClN5O3. The quantitative estimate of drug-likeness (QED) is 0.588. The maximum Gasteiger partial charge on any atom is 0.410 e.